The molecule has 0 aliphatic carbocycles. The van der Waals surface area contributed by atoms with Crippen LogP contribution in [0, 0.1) is 0 Å². The minimum Gasteiger partial charge on any atom is -0.382 e. The fourth-order valence-electron chi connectivity index (χ4n) is 3.12. The van der Waals surface area contributed by atoms with Gasteiger partial charge in [-0.2, -0.15) is 5.10 Å². The van der Waals surface area contributed by atoms with Gasteiger partial charge >= 0.3 is 0 Å². The standard InChI is InChI=1S/C17H23N3O/c1-3-10-20-16(8-9-18-20)17(21)14-6-7-15-13(12-14)5-4-11-19(15)2/h6-9,12,17,21H,3-5,10-11H2,1-2H3. The van der Waals surface area contributed by atoms with Gasteiger partial charge in [-0.1, -0.05) is 19.1 Å². The Morgan fingerprint density at radius 2 is 2.19 bits per heavy atom. The first-order chi connectivity index (χ1) is 10.2. The van der Waals surface area contributed by atoms with Gasteiger partial charge in [0.2, 0.25) is 0 Å². The predicted octanol–water partition coefficient (Wildman–Crippen LogP) is 2.76. The van der Waals surface area contributed by atoms with E-state index in [2.05, 4.69) is 36.1 Å². The van der Waals surface area contributed by atoms with Crippen LogP contribution >= 0.6 is 0 Å². The van der Waals surface area contributed by atoms with Crippen LogP contribution in [0.2, 0.25) is 0 Å². The molecule has 0 saturated carbocycles. The van der Waals surface area contributed by atoms with E-state index in [1.54, 1.807) is 6.20 Å². The molecular formula is C17H23N3O. The monoisotopic (exact) mass is 285 g/mol. The summed E-state index contributed by atoms with van der Waals surface area (Å²) < 4.78 is 1.90. The fourth-order valence-corrected chi connectivity index (χ4v) is 3.12. The van der Waals surface area contributed by atoms with Crippen LogP contribution in [0.25, 0.3) is 0 Å². The zero-order valence-corrected chi connectivity index (χ0v) is 12.8. The lowest BCUT2D eigenvalue weighted by atomic mass is 9.96. The summed E-state index contributed by atoms with van der Waals surface area (Å²) in [7, 11) is 2.13. The van der Waals surface area contributed by atoms with E-state index in [4.69, 9.17) is 0 Å². The highest BCUT2D eigenvalue weighted by Gasteiger charge is 2.19. The van der Waals surface area contributed by atoms with Gasteiger partial charge in [-0.15, -0.1) is 0 Å². The van der Waals surface area contributed by atoms with Gasteiger partial charge in [-0.25, -0.2) is 0 Å². The summed E-state index contributed by atoms with van der Waals surface area (Å²) in [5.41, 5.74) is 4.46. The number of nitrogens with zero attached hydrogens (tertiary/aromatic N) is 3. The van der Waals surface area contributed by atoms with E-state index in [0.717, 1.165) is 37.2 Å². The van der Waals surface area contributed by atoms with Gasteiger partial charge < -0.3 is 10.0 Å². The number of aryl methyl sites for hydroxylation is 2. The first-order valence-corrected chi connectivity index (χ1v) is 7.74. The third-order valence-electron chi connectivity index (χ3n) is 4.24. The lowest BCUT2D eigenvalue weighted by molar-refractivity contribution is 0.207. The molecule has 0 fully saturated rings. The Balaban J connectivity index is 1.91. The summed E-state index contributed by atoms with van der Waals surface area (Å²) in [6, 6.07) is 8.23. The van der Waals surface area contributed by atoms with Crippen LogP contribution < -0.4 is 4.90 Å². The fraction of sp³-hybridized carbons (Fsp3) is 0.471. The van der Waals surface area contributed by atoms with Crippen LogP contribution in [0.15, 0.2) is 30.5 Å². The zero-order valence-electron chi connectivity index (χ0n) is 12.8. The van der Waals surface area contributed by atoms with Crippen LogP contribution in [0.4, 0.5) is 5.69 Å². The van der Waals surface area contributed by atoms with Gasteiger partial charge in [0.05, 0.1) is 5.69 Å². The van der Waals surface area contributed by atoms with E-state index in [1.807, 2.05) is 16.8 Å². The lowest BCUT2D eigenvalue weighted by Gasteiger charge is -2.28. The van der Waals surface area contributed by atoms with Gasteiger partial charge in [0.15, 0.2) is 0 Å². The number of anilines is 1. The molecular weight excluding hydrogens is 262 g/mol. The first kappa shape index (κ1) is 14.1. The van der Waals surface area contributed by atoms with Gasteiger partial charge in [0.25, 0.3) is 0 Å². The molecule has 0 spiro atoms. The van der Waals surface area contributed by atoms with Crippen molar-refractivity contribution >= 4 is 5.69 Å². The smallest absolute Gasteiger partial charge is 0.121 e. The summed E-state index contributed by atoms with van der Waals surface area (Å²) in [6.07, 6.45) is 4.44. The van der Waals surface area contributed by atoms with E-state index < -0.39 is 6.10 Å². The third kappa shape index (κ3) is 2.68. The third-order valence-corrected chi connectivity index (χ3v) is 4.24. The Morgan fingerprint density at radius 1 is 1.33 bits per heavy atom. The number of aliphatic hydroxyl groups excluding tert-OH is 1. The summed E-state index contributed by atoms with van der Waals surface area (Å²) in [5.74, 6) is 0. The molecule has 112 valence electrons. The van der Waals surface area contributed by atoms with Crippen molar-refractivity contribution in [2.45, 2.75) is 38.8 Å². The van der Waals surface area contributed by atoms with E-state index in [0.29, 0.717) is 0 Å². The number of aromatic nitrogens is 2. The Hall–Kier alpha value is -1.81. The summed E-state index contributed by atoms with van der Waals surface area (Å²) in [6.45, 7) is 4.07. The Bertz CT molecular complexity index is 620. The van der Waals surface area contributed by atoms with Crippen molar-refractivity contribution in [3.05, 3.63) is 47.3 Å². The SMILES string of the molecule is CCCn1nccc1C(O)c1ccc2c(c1)CCCN2C. The highest BCUT2D eigenvalue weighted by molar-refractivity contribution is 5.56. The van der Waals surface area contributed by atoms with Crippen molar-refractivity contribution in [3.8, 4) is 0 Å². The van der Waals surface area contributed by atoms with E-state index in [1.165, 1.54) is 17.7 Å². The summed E-state index contributed by atoms with van der Waals surface area (Å²) in [5, 5.41) is 15.0. The molecule has 0 radical (unpaired) electrons. The number of hydrogen-bond acceptors (Lipinski definition) is 3. The molecule has 1 aliphatic heterocycles. The van der Waals surface area contributed by atoms with Gasteiger partial charge in [-0.3, -0.25) is 4.68 Å². The predicted molar refractivity (Wildman–Crippen MR) is 84.6 cm³/mol. The normalized spacial score (nSPS) is 15.9. The zero-order chi connectivity index (χ0) is 14.8. The maximum absolute atomic E-state index is 10.7. The molecule has 21 heavy (non-hydrogen) atoms. The molecule has 1 aromatic heterocycles. The lowest BCUT2D eigenvalue weighted by Crippen LogP contribution is -2.24. The Kier molecular flexibility index (Phi) is 3.97. The number of rotatable bonds is 4. The average molecular weight is 285 g/mol. The van der Waals surface area contributed by atoms with Crippen molar-refractivity contribution < 1.29 is 5.11 Å². The van der Waals surface area contributed by atoms with Crippen LogP contribution in [0.5, 0.6) is 0 Å². The van der Waals surface area contributed by atoms with E-state index in [9.17, 15) is 5.11 Å². The minimum atomic E-state index is -0.600. The molecule has 3 rings (SSSR count). The van der Waals surface area contributed by atoms with E-state index >= 15 is 0 Å². The Morgan fingerprint density at radius 3 is 3.00 bits per heavy atom. The van der Waals surface area contributed by atoms with Crippen LogP contribution in [0.1, 0.15) is 42.7 Å². The topological polar surface area (TPSA) is 41.3 Å². The minimum absolute atomic E-state index is 0.600. The number of benzene rings is 1. The first-order valence-electron chi connectivity index (χ1n) is 7.74. The maximum Gasteiger partial charge on any atom is 0.121 e. The van der Waals surface area contributed by atoms with Crippen molar-refractivity contribution in [1.82, 2.24) is 9.78 Å². The molecule has 4 heteroatoms. The second-order valence-electron chi connectivity index (χ2n) is 5.80. The Labute approximate surface area is 126 Å². The second kappa shape index (κ2) is 5.90. The van der Waals surface area contributed by atoms with Crippen molar-refractivity contribution in [3.63, 3.8) is 0 Å². The molecule has 2 heterocycles. The van der Waals surface area contributed by atoms with Crippen molar-refractivity contribution in [2.75, 3.05) is 18.5 Å². The summed E-state index contributed by atoms with van der Waals surface area (Å²) >= 11 is 0. The molecule has 2 aromatic rings. The van der Waals surface area contributed by atoms with Gasteiger partial charge in [-0.05, 0) is 42.5 Å². The van der Waals surface area contributed by atoms with Crippen molar-refractivity contribution in [1.29, 1.82) is 0 Å². The molecule has 1 aliphatic rings. The molecule has 0 saturated heterocycles. The highest BCUT2D eigenvalue weighted by atomic mass is 16.3. The van der Waals surface area contributed by atoms with Crippen molar-refractivity contribution in [2.24, 2.45) is 0 Å². The van der Waals surface area contributed by atoms with Gasteiger partial charge in [0.1, 0.15) is 6.10 Å². The average Bonchev–Trinajstić information content (AvgIpc) is 2.95. The number of aliphatic hydroxyl groups is 1. The molecule has 1 atom stereocenters. The molecule has 1 aromatic carbocycles. The van der Waals surface area contributed by atoms with E-state index in [-0.39, 0.29) is 0 Å². The second-order valence-corrected chi connectivity index (χ2v) is 5.80. The quantitative estimate of drug-likeness (QED) is 0.939. The number of fused-ring (bicyclic) bond motifs is 1. The maximum atomic E-state index is 10.7. The highest BCUT2D eigenvalue weighted by Crippen LogP contribution is 2.30. The molecule has 1 N–H and O–H groups in total. The molecule has 4 nitrogen and oxygen atoms in total. The van der Waals surface area contributed by atoms with Crippen LogP contribution in [-0.4, -0.2) is 28.5 Å². The number of hydrogen-bond donors (Lipinski definition) is 1. The molecule has 1 unspecified atom stereocenters. The molecule has 0 bridgehead atoms. The van der Waals surface area contributed by atoms with Crippen LogP contribution in [0.3, 0.4) is 0 Å². The largest absolute Gasteiger partial charge is 0.382 e. The van der Waals surface area contributed by atoms with Gasteiger partial charge in [0, 0.05) is 32.0 Å². The molecule has 0 amide bonds. The van der Waals surface area contributed by atoms with Crippen LogP contribution in [-0.2, 0) is 13.0 Å². The summed E-state index contributed by atoms with van der Waals surface area (Å²) in [4.78, 5) is 2.29.